The van der Waals surface area contributed by atoms with Crippen LogP contribution in [0.2, 0.25) is 0 Å². The Balaban J connectivity index is 1.86. The van der Waals surface area contributed by atoms with Crippen molar-refractivity contribution < 1.29 is 9.21 Å². The first kappa shape index (κ1) is 18.7. The number of anilines is 1. The van der Waals surface area contributed by atoms with E-state index in [0.717, 1.165) is 0 Å². The van der Waals surface area contributed by atoms with Gasteiger partial charge in [-0.2, -0.15) is 0 Å². The summed E-state index contributed by atoms with van der Waals surface area (Å²) in [6.07, 6.45) is 1.68. The molecule has 0 fully saturated rings. The van der Waals surface area contributed by atoms with Crippen LogP contribution in [-0.2, 0) is 16.9 Å². The van der Waals surface area contributed by atoms with E-state index in [9.17, 15) is 4.79 Å². The van der Waals surface area contributed by atoms with Gasteiger partial charge in [-0.15, -0.1) is 11.3 Å². The number of nitrogens with one attached hydrogen (secondary N) is 2. The number of aromatic nitrogens is 2. The molecular formula is C18H20N6O2S. The average molecular weight is 384 g/mol. The maximum atomic E-state index is 11.1. The molecule has 0 spiro atoms. The molecule has 9 heteroatoms. The lowest BCUT2D eigenvalue weighted by atomic mass is 9.92. The SMILES string of the molecule is C=Nc1nc(NCC(N)(c2ccccn2)c2ccc(CNC(C)=O)o2)cs1. The Hall–Kier alpha value is -3.04. The summed E-state index contributed by atoms with van der Waals surface area (Å²) in [5.41, 5.74) is 6.35. The number of nitrogens with zero attached hydrogens (tertiary/aromatic N) is 3. The van der Waals surface area contributed by atoms with Crippen molar-refractivity contribution in [3.8, 4) is 0 Å². The van der Waals surface area contributed by atoms with E-state index in [-0.39, 0.29) is 5.91 Å². The molecule has 0 aliphatic heterocycles. The van der Waals surface area contributed by atoms with Crippen LogP contribution in [0.3, 0.4) is 0 Å². The minimum atomic E-state index is -1.03. The topological polar surface area (TPSA) is 118 Å². The van der Waals surface area contributed by atoms with Gasteiger partial charge in [0.25, 0.3) is 0 Å². The van der Waals surface area contributed by atoms with Crippen molar-refractivity contribution in [2.45, 2.75) is 19.0 Å². The summed E-state index contributed by atoms with van der Waals surface area (Å²) in [6, 6.07) is 9.12. The molecule has 1 amide bonds. The van der Waals surface area contributed by atoms with Gasteiger partial charge in [0.05, 0.1) is 12.2 Å². The van der Waals surface area contributed by atoms with E-state index < -0.39 is 5.54 Å². The van der Waals surface area contributed by atoms with Gasteiger partial charge in [0.15, 0.2) is 0 Å². The van der Waals surface area contributed by atoms with Crippen molar-refractivity contribution in [1.29, 1.82) is 0 Å². The van der Waals surface area contributed by atoms with Crippen molar-refractivity contribution in [3.63, 3.8) is 0 Å². The summed E-state index contributed by atoms with van der Waals surface area (Å²) in [5, 5.41) is 8.33. The number of carbonyl (C=O) groups excluding carboxylic acids is 1. The number of hydrogen-bond donors (Lipinski definition) is 3. The number of aliphatic imine (C=N–C) groups is 1. The van der Waals surface area contributed by atoms with E-state index in [1.54, 1.807) is 18.3 Å². The Morgan fingerprint density at radius 2 is 2.26 bits per heavy atom. The van der Waals surface area contributed by atoms with Crippen LogP contribution in [0.25, 0.3) is 0 Å². The monoisotopic (exact) mass is 384 g/mol. The second-order valence-electron chi connectivity index (χ2n) is 5.89. The number of hydrogen-bond acceptors (Lipinski definition) is 8. The summed E-state index contributed by atoms with van der Waals surface area (Å²) in [4.78, 5) is 23.6. The molecule has 140 valence electrons. The highest BCUT2D eigenvalue weighted by atomic mass is 32.1. The summed E-state index contributed by atoms with van der Waals surface area (Å²) in [5.74, 6) is 1.66. The molecule has 3 aromatic heterocycles. The number of furan rings is 1. The molecule has 0 aromatic carbocycles. The van der Waals surface area contributed by atoms with Gasteiger partial charge in [-0.3, -0.25) is 9.78 Å². The number of thiazole rings is 1. The third-order valence-corrected chi connectivity index (χ3v) is 4.68. The normalized spacial score (nSPS) is 13.0. The minimum Gasteiger partial charge on any atom is -0.462 e. The lowest BCUT2D eigenvalue weighted by Crippen LogP contribution is -2.45. The number of pyridine rings is 1. The van der Waals surface area contributed by atoms with Crippen molar-refractivity contribution >= 4 is 34.9 Å². The van der Waals surface area contributed by atoms with E-state index >= 15 is 0 Å². The summed E-state index contributed by atoms with van der Waals surface area (Å²) in [7, 11) is 0. The lowest BCUT2D eigenvalue weighted by molar-refractivity contribution is -0.119. The molecule has 0 radical (unpaired) electrons. The molecule has 3 aromatic rings. The van der Waals surface area contributed by atoms with Crippen LogP contribution in [0.5, 0.6) is 0 Å². The minimum absolute atomic E-state index is 0.131. The number of carbonyl (C=O) groups is 1. The van der Waals surface area contributed by atoms with Gasteiger partial charge in [-0.05, 0) is 31.0 Å². The van der Waals surface area contributed by atoms with Gasteiger partial charge < -0.3 is 20.8 Å². The maximum Gasteiger partial charge on any atom is 0.217 e. The largest absolute Gasteiger partial charge is 0.462 e. The van der Waals surface area contributed by atoms with Gasteiger partial charge in [0.1, 0.15) is 22.9 Å². The molecule has 1 unspecified atom stereocenters. The van der Waals surface area contributed by atoms with Crippen molar-refractivity contribution in [1.82, 2.24) is 15.3 Å². The first-order chi connectivity index (χ1) is 13.0. The van der Waals surface area contributed by atoms with Crippen LogP contribution >= 0.6 is 11.3 Å². The zero-order valence-corrected chi connectivity index (χ0v) is 15.6. The maximum absolute atomic E-state index is 11.1. The molecule has 3 rings (SSSR count). The smallest absolute Gasteiger partial charge is 0.217 e. The molecule has 27 heavy (non-hydrogen) atoms. The summed E-state index contributed by atoms with van der Waals surface area (Å²) in [6.45, 7) is 5.52. The van der Waals surface area contributed by atoms with E-state index in [1.165, 1.54) is 18.3 Å². The highest BCUT2D eigenvalue weighted by Gasteiger charge is 2.34. The Morgan fingerprint density at radius 3 is 2.93 bits per heavy atom. The molecule has 0 bridgehead atoms. The third-order valence-electron chi connectivity index (χ3n) is 3.91. The highest BCUT2D eigenvalue weighted by molar-refractivity contribution is 7.13. The molecule has 1 atom stereocenters. The average Bonchev–Trinajstić information content (AvgIpc) is 3.35. The molecule has 0 saturated carbocycles. The van der Waals surface area contributed by atoms with Gasteiger partial charge in [-0.1, -0.05) is 6.07 Å². The fourth-order valence-electron chi connectivity index (χ4n) is 2.50. The Bertz CT molecular complexity index is 923. The Morgan fingerprint density at radius 1 is 1.41 bits per heavy atom. The van der Waals surface area contributed by atoms with Gasteiger partial charge in [0, 0.05) is 25.0 Å². The van der Waals surface area contributed by atoms with Crippen LogP contribution in [0.4, 0.5) is 10.9 Å². The zero-order chi connectivity index (χ0) is 19.3. The zero-order valence-electron chi connectivity index (χ0n) is 14.8. The Kier molecular flexibility index (Phi) is 5.63. The number of amides is 1. The fraction of sp³-hybridized carbons (Fsp3) is 0.222. The second-order valence-corrected chi connectivity index (χ2v) is 6.73. The predicted octanol–water partition coefficient (Wildman–Crippen LogP) is 2.41. The van der Waals surface area contributed by atoms with Crippen LogP contribution in [0, 0.1) is 0 Å². The third kappa shape index (κ3) is 4.39. The molecule has 0 saturated heterocycles. The molecule has 3 heterocycles. The first-order valence-electron chi connectivity index (χ1n) is 8.21. The molecule has 8 nitrogen and oxygen atoms in total. The van der Waals surface area contributed by atoms with Crippen molar-refractivity contribution in [2.75, 3.05) is 11.9 Å². The first-order valence-corrected chi connectivity index (χ1v) is 9.09. The molecule has 0 aliphatic carbocycles. The number of rotatable bonds is 8. The molecule has 4 N–H and O–H groups in total. The van der Waals surface area contributed by atoms with E-state index in [0.29, 0.717) is 41.3 Å². The summed E-state index contributed by atoms with van der Waals surface area (Å²) >= 11 is 1.38. The van der Waals surface area contributed by atoms with Crippen LogP contribution in [0.1, 0.15) is 24.1 Å². The highest BCUT2D eigenvalue weighted by Crippen LogP contribution is 2.29. The Labute approximate surface area is 160 Å². The van der Waals surface area contributed by atoms with Gasteiger partial charge in [0.2, 0.25) is 11.0 Å². The van der Waals surface area contributed by atoms with E-state index in [2.05, 4.69) is 32.3 Å². The van der Waals surface area contributed by atoms with E-state index in [1.807, 2.05) is 23.6 Å². The van der Waals surface area contributed by atoms with Crippen molar-refractivity contribution in [2.24, 2.45) is 10.7 Å². The lowest BCUT2D eigenvalue weighted by Gasteiger charge is -2.27. The fourth-order valence-corrected chi connectivity index (χ4v) is 3.08. The van der Waals surface area contributed by atoms with Crippen LogP contribution < -0.4 is 16.4 Å². The van der Waals surface area contributed by atoms with Gasteiger partial charge >= 0.3 is 0 Å². The van der Waals surface area contributed by atoms with Crippen LogP contribution in [0.15, 0.2) is 51.3 Å². The predicted molar refractivity (Wildman–Crippen MR) is 105 cm³/mol. The van der Waals surface area contributed by atoms with Crippen LogP contribution in [-0.4, -0.2) is 29.1 Å². The summed E-state index contributed by atoms with van der Waals surface area (Å²) < 4.78 is 5.90. The van der Waals surface area contributed by atoms with Gasteiger partial charge in [-0.25, -0.2) is 9.98 Å². The second kappa shape index (κ2) is 8.11. The molecular weight excluding hydrogens is 364 g/mol. The standard InChI is InChI=1S/C18H20N6O2S/c1-12(25)22-9-13-6-7-15(26-13)18(19,14-5-3-4-8-21-14)11-23-16-10-27-17(20-2)24-16/h3-8,10,23H,2,9,11,19H2,1H3,(H,22,25). The van der Waals surface area contributed by atoms with E-state index in [4.69, 9.17) is 10.2 Å². The number of nitrogens with two attached hydrogens (primary N) is 1. The van der Waals surface area contributed by atoms with Crippen molar-refractivity contribution in [3.05, 3.63) is 59.1 Å². The molecule has 0 aliphatic rings. The quantitative estimate of drug-likeness (QED) is 0.513.